The van der Waals surface area contributed by atoms with Crippen molar-refractivity contribution in [2.24, 2.45) is 0 Å². The zero-order chi connectivity index (χ0) is 14.0. The van der Waals surface area contributed by atoms with E-state index < -0.39 is 21.3 Å². The van der Waals surface area contributed by atoms with Crippen LogP contribution < -0.4 is 0 Å². The minimum Gasteiger partial charge on any atom is -0.771 e. The molecule has 0 aromatic carbocycles. The zero-order valence-electron chi connectivity index (χ0n) is 9.49. The van der Waals surface area contributed by atoms with E-state index in [9.17, 15) is 18.9 Å². The van der Waals surface area contributed by atoms with Gasteiger partial charge in [0, 0.05) is 0 Å². The lowest BCUT2D eigenvalue weighted by molar-refractivity contribution is -0.392. The largest absolute Gasteiger partial charge is 0.771 e. The summed E-state index contributed by atoms with van der Waals surface area (Å²) in [6.45, 7) is 1.79. The van der Waals surface area contributed by atoms with E-state index in [1.807, 2.05) is 0 Å². The topological polar surface area (TPSA) is 153 Å². The maximum Gasteiger partial charge on any atom is 0.342 e. The summed E-state index contributed by atoms with van der Waals surface area (Å²) in [5.74, 6) is -0.697. The predicted octanol–water partition coefficient (Wildman–Crippen LogP) is -0.442. The first-order valence-electron chi connectivity index (χ1n) is 4.99. The molecule has 2 unspecified atom stereocenters. The molecule has 0 aliphatic rings. The molecule has 11 nitrogen and oxygen atoms in total. The molecule has 0 saturated carbocycles. The van der Waals surface area contributed by atoms with Crippen LogP contribution in [0.25, 0.3) is 0 Å². The number of hydrogen-bond acceptors (Lipinski definition) is 9. The van der Waals surface area contributed by atoms with Gasteiger partial charge in [0.25, 0.3) is 5.89 Å². The number of nitrogens with zero attached hydrogens (tertiary/aromatic N) is 6. The van der Waals surface area contributed by atoms with Gasteiger partial charge >= 0.3 is 5.82 Å². The van der Waals surface area contributed by atoms with Crippen molar-refractivity contribution in [1.29, 1.82) is 0 Å². The lowest BCUT2D eigenvalue weighted by Gasteiger charge is -2.13. The van der Waals surface area contributed by atoms with Gasteiger partial charge in [-0.15, -0.1) is 0 Å². The van der Waals surface area contributed by atoms with Crippen molar-refractivity contribution >= 4 is 16.9 Å². The molecule has 0 fully saturated rings. The first-order chi connectivity index (χ1) is 9.06. The highest BCUT2D eigenvalue weighted by Gasteiger charge is 2.32. The van der Waals surface area contributed by atoms with Crippen molar-refractivity contribution < 1.29 is 18.2 Å². The first-order valence-corrected chi connectivity index (χ1v) is 6.12. The van der Waals surface area contributed by atoms with Gasteiger partial charge < -0.3 is 19.2 Å². The molecule has 0 N–H and O–H groups in total. The molecule has 2 aromatic rings. The normalized spacial score (nSPS) is 14.2. The van der Waals surface area contributed by atoms with Crippen molar-refractivity contribution in [2.75, 3.05) is 0 Å². The number of hydrogen-bond donors (Lipinski definition) is 0. The van der Waals surface area contributed by atoms with Crippen molar-refractivity contribution in [3.8, 4) is 0 Å². The summed E-state index contributed by atoms with van der Waals surface area (Å²) < 4.78 is 28.3. The van der Waals surface area contributed by atoms with Gasteiger partial charge in [-0.25, -0.2) is 9.55 Å². The van der Waals surface area contributed by atoms with Crippen LogP contribution >= 0.6 is 0 Å². The first kappa shape index (κ1) is 13.2. The van der Waals surface area contributed by atoms with Crippen LogP contribution in [0.4, 0.5) is 5.82 Å². The van der Waals surface area contributed by atoms with Crippen molar-refractivity contribution in [1.82, 2.24) is 25.1 Å². The third-order valence-corrected chi connectivity index (χ3v) is 3.13. The fourth-order valence-electron chi connectivity index (χ4n) is 1.58. The van der Waals surface area contributed by atoms with Crippen LogP contribution in [0.1, 0.15) is 23.9 Å². The summed E-state index contributed by atoms with van der Waals surface area (Å²) in [7, 11) is 0. The molecule has 2 atom stereocenters. The molecule has 2 rings (SSSR count). The van der Waals surface area contributed by atoms with E-state index in [2.05, 4.69) is 25.1 Å². The lowest BCUT2D eigenvalue weighted by atomic mass is 10.4. The van der Waals surface area contributed by atoms with E-state index in [-0.39, 0.29) is 24.1 Å². The smallest absolute Gasteiger partial charge is 0.342 e. The Morgan fingerprint density at radius 3 is 2.84 bits per heavy atom. The van der Waals surface area contributed by atoms with Crippen LogP contribution in [0.3, 0.4) is 0 Å². The summed E-state index contributed by atoms with van der Waals surface area (Å²) in [4.78, 5) is 13.9. The molecule has 2 heterocycles. The van der Waals surface area contributed by atoms with Gasteiger partial charge in [-0.3, -0.25) is 4.21 Å². The molecule has 2 aromatic heterocycles. The summed E-state index contributed by atoms with van der Waals surface area (Å²) in [6, 6.07) is 0. The minimum absolute atomic E-state index is 0.0754. The second-order valence-corrected chi connectivity index (χ2v) is 4.31. The SMILES string of the molecule is CCn1c([N+](=O)[O-])cnc1C(c1nnno1)S(=O)[O-]. The fourth-order valence-corrected chi connectivity index (χ4v) is 2.19. The maximum atomic E-state index is 11.3. The average Bonchev–Trinajstić information content (AvgIpc) is 2.98. The standard InChI is InChI=1S/C7H8N6O5S/c1-2-12-4(13(14)15)3-8-6(12)5(19(16)17)7-9-10-11-18-7/h3,5H,2H2,1H3,(H,16,17)/p-1. The number of aromatic nitrogens is 5. The van der Waals surface area contributed by atoms with E-state index in [4.69, 9.17) is 0 Å². The maximum absolute atomic E-state index is 11.3. The Balaban J connectivity index is 2.55. The molecular weight excluding hydrogens is 280 g/mol. The summed E-state index contributed by atoms with van der Waals surface area (Å²) in [5, 5.41) is 19.0. The van der Waals surface area contributed by atoms with E-state index in [1.54, 1.807) is 6.92 Å². The van der Waals surface area contributed by atoms with E-state index >= 15 is 0 Å². The van der Waals surface area contributed by atoms with Gasteiger partial charge in [0.05, 0.1) is 11.8 Å². The van der Waals surface area contributed by atoms with Crippen LogP contribution in [0.5, 0.6) is 0 Å². The minimum atomic E-state index is -2.69. The molecule has 0 radical (unpaired) electrons. The third kappa shape index (κ3) is 2.34. The Morgan fingerprint density at radius 2 is 2.37 bits per heavy atom. The van der Waals surface area contributed by atoms with Gasteiger partial charge in [0.1, 0.15) is 6.20 Å². The van der Waals surface area contributed by atoms with E-state index in [1.165, 1.54) is 0 Å². The summed E-state index contributed by atoms with van der Waals surface area (Å²) in [5.41, 5.74) is 0. The van der Waals surface area contributed by atoms with Crippen molar-refractivity contribution in [3.63, 3.8) is 0 Å². The van der Waals surface area contributed by atoms with Gasteiger partial charge in [-0.1, -0.05) is 5.10 Å². The summed E-state index contributed by atoms with van der Waals surface area (Å²) in [6.07, 6.45) is 0.975. The molecule has 0 spiro atoms. The average molecular weight is 287 g/mol. The Hall–Kier alpha value is -2.21. The van der Waals surface area contributed by atoms with E-state index in [0.717, 1.165) is 10.8 Å². The lowest BCUT2D eigenvalue weighted by Crippen LogP contribution is -2.15. The van der Waals surface area contributed by atoms with Gasteiger partial charge in [-0.05, 0) is 28.1 Å². The molecule has 19 heavy (non-hydrogen) atoms. The van der Waals surface area contributed by atoms with Gasteiger partial charge in [0.15, 0.2) is 5.25 Å². The number of rotatable bonds is 5. The Bertz CT molecular complexity index is 610. The fraction of sp³-hybridized carbons (Fsp3) is 0.429. The van der Waals surface area contributed by atoms with Crippen LogP contribution in [0, 0.1) is 10.1 Å². The molecule has 102 valence electrons. The second kappa shape index (κ2) is 5.19. The van der Waals surface area contributed by atoms with Crippen molar-refractivity contribution in [2.45, 2.75) is 18.7 Å². The Labute approximate surface area is 108 Å². The molecule has 0 aliphatic heterocycles. The van der Waals surface area contributed by atoms with Crippen LogP contribution in [-0.2, 0) is 17.6 Å². The Kier molecular flexibility index (Phi) is 3.62. The van der Waals surface area contributed by atoms with Crippen LogP contribution in [-0.4, -0.2) is 38.8 Å². The molecule has 0 saturated heterocycles. The number of imidazole rings is 1. The molecular formula is C7H7N6O5S-. The quantitative estimate of drug-likeness (QED) is 0.404. The Morgan fingerprint density at radius 1 is 1.63 bits per heavy atom. The van der Waals surface area contributed by atoms with Gasteiger partial charge in [-0.2, -0.15) is 0 Å². The molecule has 12 heteroatoms. The third-order valence-electron chi connectivity index (χ3n) is 2.33. The van der Waals surface area contributed by atoms with E-state index in [0.29, 0.717) is 0 Å². The van der Waals surface area contributed by atoms with Gasteiger partial charge in [0.2, 0.25) is 5.82 Å². The monoisotopic (exact) mass is 287 g/mol. The van der Waals surface area contributed by atoms with Crippen LogP contribution in [0.15, 0.2) is 10.7 Å². The summed E-state index contributed by atoms with van der Waals surface area (Å²) >= 11 is -2.69. The molecule has 0 amide bonds. The molecule has 0 aliphatic carbocycles. The molecule has 0 bridgehead atoms. The second-order valence-electron chi connectivity index (χ2n) is 3.32. The van der Waals surface area contributed by atoms with Crippen molar-refractivity contribution in [3.05, 3.63) is 28.0 Å². The highest BCUT2D eigenvalue weighted by molar-refractivity contribution is 7.79. The zero-order valence-corrected chi connectivity index (χ0v) is 10.3. The predicted molar refractivity (Wildman–Crippen MR) is 57.4 cm³/mol. The highest BCUT2D eigenvalue weighted by Crippen LogP contribution is 2.27. The van der Waals surface area contributed by atoms with Crippen LogP contribution in [0.2, 0.25) is 0 Å². The number of nitro groups is 1. The highest BCUT2D eigenvalue weighted by atomic mass is 32.2.